The Morgan fingerprint density at radius 2 is 1.79 bits per heavy atom. The minimum atomic E-state index is -0.257. The van der Waals surface area contributed by atoms with Gasteiger partial charge in [0.15, 0.2) is 5.96 Å². The number of piperazine rings is 1. The number of hydrogen-bond donors (Lipinski definition) is 1. The molecular weight excluding hydrogens is 538 g/mol. The van der Waals surface area contributed by atoms with Crippen LogP contribution in [0.3, 0.4) is 0 Å². The predicted molar refractivity (Wildman–Crippen MR) is 137 cm³/mol. The van der Waals surface area contributed by atoms with Crippen molar-refractivity contribution in [1.82, 2.24) is 15.1 Å². The molecule has 3 aliphatic heterocycles. The predicted octanol–water partition coefficient (Wildman–Crippen LogP) is 2.78. The normalized spacial score (nSPS) is 23.2. The Balaban J connectivity index is 0.00000306. The molecule has 3 heterocycles. The fourth-order valence-corrected chi connectivity index (χ4v) is 4.87. The van der Waals surface area contributed by atoms with Crippen LogP contribution in [0.1, 0.15) is 38.2 Å². The van der Waals surface area contributed by atoms with Crippen molar-refractivity contribution in [1.29, 1.82) is 0 Å². The Kier molecular flexibility index (Phi) is 9.75. The van der Waals surface area contributed by atoms with E-state index in [0.29, 0.717) is 39.5 Å². The number of halogens is 2. The molecular formula is C24H36FIN4O3. The number of hydrogen-bond acceptors (Lipinski definition) is 4. The van der Waals surface area contributed by atoms with E-state index >= 15 is 0 Å². The molecule has 1 amide bonds. The summed E-state index contributed by atoms with van der Waals surface area (Å²) in [6.45, 7) is 8.39. The first kappa shape index (κ1) is 26.2. The second-order valence-electron chi connectivity index (χ2n) is 8.88. The highest BCUT2D eigenvalue weighted by molar-refractivity contribution is 14.0. The number of carbonyl (C=O) groups excluding carboxylic acids is 1. The molecule has 1 unspecified atom stereocenters. The van der Waals surface area contributed by atoms with E-state index in [9.17, 15) is 9.18 Å². The molecule has 0 aliphatic carbocycles. The van der Waals surface area contributed by atoms with Gasteiger partial charge >= 0.3 is 0 Å². The van der Waals surface area contributed by atoms with E-state index in [4.69, 9.17) is 14.5 Å². The highest BCUT2D eigenvalue weighted by Crippen LogP contribution is 2.35. The lowest BCUT2D eigenvalue weighted by Gasteiger charge is -2.39. The molecule has 1 atom stereocenters. The van der Waals surface area contributed by atoms with Crippen LogP contribution >= 0.6 is 24.0 Å². The highest BCUT2D eigenvalue weighted by atomic mass is 127. The van der Waals surface area contributed by atoms with Crippen molar-refractivity contribution in [2.24, 2.45) is 4.99 Å². The number of benzene rings is 1. The summed E-state index contributed by atoms with van der Waals surface area (Å²) >= 11 is 0. The molecule has 3 saturated heterocycles. The van der Waals surface area contributed by atoms with E-state index < -0.39 is 0 Å². The average molecular weight is 574 g/mol. The van der Waals surface area contributed by atoms with Crippen molar-refractivity contribution in [3.05, 3.63) is 35.6 Å². The molecule has 0 spiro atoms. The Bertz CT molecular complexity index is 787. The molecule has 1 N–H and O–H groups in total. The maximum atomic E-state index is 13.5. The van der Waals surface area contributed by atoms with Crippen LogP contribution in [0.5, 0.6) is 0 Å². The number of ether oxygens (including phenoxy) is 2. The zero-order valence-electron chi connectivity index (χ0n) is 19.4. The molecule has 1 aromatic carbocycles. The summed E-state index contributed by atoms with van der Waals surface area (Å²) in [4.78, 5) is 21.9. The van der Waals surface area contributed by atoms with Crippen molar-refractivity contribution in [3.8, 4) is 0 Å². The first-order chi connectivity index (χ1) is 15.6. The number of nitrogens with zero attached hydrogens (tertiary/aromatic N) is 3. The van der Waals surface area contributed by atoms with Crippen LogP contribution in [0.25, 0.3) is 0 Å². The van der Waals surface area contributed by atoms with Gasteiger partial charge in [-0.15, -0.1) is 24.0 Å². The first-order valence-corrected chi connectivity index (χ1v) is 11.9. The van der Waals surface area contributed by atoms with Crippen LogP contribution in [-0.4, -0.2) is 86.9 Å². The summed E-state index contributed by atoms with van der Waals surface area (Å²) in [7, 11) is 0. The molecule has 4 rings (SSSR count). The van der Waals surface area contributed by atoms with Gasteiger partial charge in [0.05, 0.1) is 6.54 Å². The van der Waals surface area contributed by atoms with Gasteiger partial charge in [-0.05, 0) is 50.3 Å². The van der Waals surface area contributed by atoms with Gasteiger partial charge in [0.2, 0.25) is 0 Å². The highest BCUT2D eigenvalue weighted by Gasteiger charge is 2.35. The van der Waals surface area contributed by atoms with Crippen molar-refractivity contribution in [2.75, 3.05) is 59.1 Å². The molecule has 3 fully saturated rings. The number of amides is 1. The topological polar surface area (TPSA) is 66.4 Å². The fraction of sp³-hybridized carbons (Fsp3) is 0.667. The lowest BCUT2D eigenvalue weighted by molar-refractivity contribution is -0.142. The van der Waals surface area contributed by atoms with Gasteiger partial charge < -0.3 is 24.6 Å². The van der Waals surface area contributed by atoms with Gasteiger partial charge in [-0.3, -0.25) is 9.79 Å². The molecule has 0 radical (unpaired) electrons. The van der Waals surface area contributed by atoms with Gasteiger partial charge in [0.25, 0.3) is 5.91 Å². The zero-order chi connectivity index (χ0) is 22.4. The average Bonchev–Trinajstić information content (AvgIpc) is 3.37. The second kappa shape index (κ2) is 12.3. The van der Waals surface area contributed by atoms with E-state index in [0.717, 1.165) is 56.8 Å². The Morgan fingerprint density at radius 3 is 2.39 bits per heavy atom. The molecule has 9 heteroatoms. The Labute approximate surface area is 213 Å². The summed E-state index contributed by atoms with van der Waals surface area (Å²) in [5.41, 5.74) is 0.971. The molecule has 33 heavy (non-hydrogen) atoms. The third-order valence-corrected chi connectivity index (χ3v) is 6.87. The maximum Gasteiger partial charge on any atom is 0.251 e. The molecule has 0 aromatic heterocycles. The quantitative estimate of drug-likeness (QED) is 0.333. The Hall–Kier alpha value is -1.46. The standard InChI is InChI=1S/C24H35FN4O3.HI/c1-2-26-23(29-13-11-28(12-14-29)22(30)21-4-3-15-32-21)27-18-24(9-16-31-17-10-24)19-5-7-20(25)8-6-19;/h5-8,21H,2-4,9-18H2,1H3,(H,26,27);1H. The molecule has 0 bridgehead atoms. The van der Waals surface area contributed by atoms with E-state index in [-0.39, 0.29) is 47.2 Å². The van der Waals surface area contributed by atoms with Crippen LogP contribution < -0.4 is 5.32 Å². The van der Waals surface area contributed by atoms with Gasteiger partial charge in [-0.25, -0.2) is 4.39 Å². The molecule has 184 valence electrons. The summed E-state index contributed by atoms with van der Waals surface area (Å²) in [5, 5.41) is 3.43. The van der Waals surface area contributed by atoms with E-state index in [1.165, 1.54) is 12.1 Å². The number of nitrogens with one attached hydrogen (secondary N) is 1. The third kappa shape index (κ3) is 6.36. The van der Waals surface area contributed by atoms with Gasteiger partial charge in [-0.1, -0.05) is 12.1 Å². The monoisotopic (exact) mass is 574 g/mol. The smallest absolute Gasteiger partial charge is 0.251 e. The second-order valence-corrected chi connectivity index (χ2v) is 8.88. The lowest BCUT2D eigenvalue weighted by atomic mass is 9.74. The number of aliphatic imine (C=N–C) groups is 1. The molecule has 3 aliphatic rings. The van der Waals surface area contributed by atoms with E-state index in [1.54, 1.807) is 0 Å². The number of guanidine groups is 1. The van der Waals surface area contributed by atoms with Gasteiger partial charge in [-0.2, -0.15) is 0 Å². The maximum absolute atomic E-state index is 13.5. The largest absolute Gasteiger partial charge is 0.381 e. The van der Waals surface area contributed by atoms with Crippen molar-refractivity contribution in [3.63, 3.8) is 0 Å². The summed E-state index contributed by atoms with van der Waals surface area (Å²) < 4.78 is 24.7. The van der Waals surface area contributed by atoms with Gasteiger partial charge in [0.1, 0.15) is 11.9 Å². The minimum absolute atomic E-state index is 0. The third-order valence-electron chi connectivity index (χ3n) is 6.87. The molecule has 0 saturated carbocycles. The van der Waals surface area contributed by atoms with Crippen molar-refractivity contribution in [2.45, 2.75) is 44.1 Å². The van der Waals surface area contributed by atoms with E-state index in [1.807, 2.05) is 17.0 Å². The van der Waals surface area contributed by atoms with Crippen LogP contribution in [-0.2, 0) is 19.7 Å². The van der Waals surface area contributed by atoms with Crippen LogP contribution in [0, 0.1) is 5.82 Å². The zero-order valence-corrected chi connectivity index (χ0v) is 21.8. The molecule has 7 nitrogen and oxygen atoms in total. The van der Waals surface area contributed by atoms with Gasteiger partial charge in [0, 0.05) is 58.0 Å². The SMILES string of the molecule is CCNC(=NCC1(c2ccc(F)cc2)CCOCC1)N1CCN(C(=O)C2CCCO2)CC1.I. The number of rotatable bonds is 5. The summed E-state index contributed by atoms with van der Waals surface area (Å²) in [5.74, 6) is 0.787. The minimum Gasteiger partial charge on any atom is -0.381 e. The summed E-state index contributed by atoms with van der Waals surface area (Å²) in [6, 6.07) is 6.84. The lowest BCUT2D eigenvalue weighted by Crippen LogP contribution is -2.55. The number of carbonyl (C=O) groups is 1. The first-order valence-electron chi connectivity index (χ1n) is 11.9. The van der Waals surface area contributed by atoms with Crippen LogP contribution in [0.4, 0.5) is 4.39 Å². The van der Waals surface area contributed by atoms with E-state index in [2.05, 4.69) is 17.1 Å². The van der Waals surface area contributed by atoms with Crippen molar-refractivity contribution >= 4 is 35.8 Å². The van der Waals surface area contributed by atoms with Crippen LogP contribution in [0.2, 0.25) is 0 Å². The molecule has 1 aromatic rings. The fourth-order valence-electron chi connectivity index (χ4n) is 4.87. The Morgan fingerprint density at radius 1 is 1.12 bits per heavy atom. The van der Waals surface area contributed by atoms with Crippen molar-refractivity contribution < 1.29 is 18.7 Å². The van der Waals surface area contributed by atoms with Crippen LogP contribution in [0.15, 0.2) is 29.3 Å². The summed E-state index contributed by atoms with van der Waals surface area (Å²) in [6.07, 6.45) is 3.27.